The molecule has 0 spiro atoms. The molecule has 2 aromatic carbocycles. The monoisotopic (exact) mass is 282 g/mol. The number of carbonyl (C=O) groups is 1. The van der Waals surface area contributed by atoms with E-state index in [9.17, 15) is 4.79 Å². The molecule has 0 unspecified atom stereocenters. The maximum atomic E-state index is 12.7. The predicted molar refractivity (Wildman–Crippen MR) is 82.0 cm³/mol. The van der Waals surface area contributed by atoms with Gasteiger partial charge in [-0.2, -0.15) is 0 Å². The average Bonchev–Trinajstić information content (AvgIpc) is 2.90. The Balaban J connectivity index is 1.85. The van der Waals surface area contributed by atoms with Crippen LogP contribution < -0.4 is 10.5 Å². The van der Waals surface area contributed by atoms with Crippen molar-refractivity contribution in [3.8, 4) is 5.75 Å². The molecule has 0 aromatic heterocycles. The lowest BCUT2D eigenvalue weighted by atomic mass is 10.1. The number of fused-ring (bicyclic) bond motifs is 1. The lowest BCUT2D eigenvalue weighted by Crippen LogP contribution is -2.25. The van der Waals surface area contributed by atoms with E-state index in [2.05, 4.69) is 0 Å². The first-order chi connectivity index (χ1) is 10.2. The summed E-state index contributed by atoms with van der Waals surface area (Å²) in [7, 11) is 0. The van der Waals surface area contributed by atoms with Crippen LogP contribution in [0.25, 0.3) is 0 Å². The zero-order valence-electron chi connectivity index (χ0n) is 12.0. The molecule has 108 valence electrons. The van der Waals surface area contributed by atoms with E-state index in [-0.39, 0.29) is 5.91 Å². The van der Waals surface area contributed by atoms with Crippen LogP contribution in [0.3, 0.4) is 0 Å². The Bertz CT molecular complexity index is 682. The molecule has 2 aromatic rings. The predicted octanol–water partition coefficient (Wildman–Crippen LogP) is 2.82. The fourth-order valence-electron chi connectivity index (χ4n) is 2.65. The first kappa shape index (κ1) is 13.5. The minimum absolute atomic E-state index is 0.00572. The third-order valence-corrected chi connectivity index (χ3v) is 3.66. The summed E-state index contributed by atoms with van der Waals surface area (Å²) in [5.41, 5.74) is 9.43. The van der Waals surface area contributed by atoms with Crippen LogP contribution in [0.1, 0.15) is 28.4 Å². The van der Waals surface area contributed by atoms with Crippen molar-refractivity contribution >= 4 is 11.6 Å². The van der Waals surface area contributed by atoms with Crippen molar-refractivity contribution in [2.75, 3.05) is 12.3 Å². The Morgan fingerprint density at radius 3 is 2.76 bits per heavy atom. The standard InChI is InChI=1S/C17H18N2O2/c1-2-21-16-6-4-3-5-15(16)17(20)19-10-12-7-8-14(18)9-13(12)11-19/h3-9H,2,10-11,18H2,1H3. The third-order valence-electron chi connectivity index (χ3n) is 3.66. The van der Waals surface area contributed by atoms with Gasteiger partial charge in [0.05, 0.1) is 12.2 Å². The Morgan fingerprint density at radius 1 is 1.19 bits per heavy atom. The summed E-state index contributed by atoms with van der Waals surface area (Å²) in [5.74, 6) is 0.634. The topological polar surface area (TPSA) is 55.6 Å². The van der Waals surface area contributed by atoms with Crippen molar-refractivity contribution in [2.45, 2.75) is 20.0 Å². The van der Waals surface area contributed by atoms with Gasteiger partial charge in [-0.25, -0.2) is 0 Å². The van der Waals surface area contributed by atoms with Crippen molar-refractivity contribution in [1.29, 1.82) is 0 Å². The zero-order chi connectivity index (χ0) is 14.8. The van der Waals surface area contributed by atoms with Crippen LogP contribution in [0.2, 0.25) is 0 Å². The molecule has 0 fully saturated rings. The molecule has 0 bridgehead atoms. The molecule has 1 amide bonds. The second-order valence-electron chi connectivity index (χ2n) is 5.12. The highest BCUT2D eigenvalue weighted by Gasteiger charge is 2.26. The normalized spacial score (nSPS) is 13.1. The highest BCUT2D eigenvalue weighted by Crippen LogP contribution is 2.28. The number of rotatable bonds is 3. The van der Waals surface area contributed by atoms with Crippen LogP contribution in [-0.2, 0) is 13.1 Å². The van der Waals surface area contributed by atoms with Gasteiger partial charge in [0.25, 0.3) is 5.91 Å². The van der Waals surface area contributed by atoms with Gasteiger partial charge in [0.1, 0.15) is 5.75 Å². The Kier molecular flexibility index (Phi) is 3.52. The summed E-state index contributed by atoms with van der Waals surface area (Å²) in [5, 5.41) is 0. The number of para-hydroxylation sites is 1. The van der Waals surface area contributed by atoms with Gasteiger partial charge in [-0.05, 0) is 42.3 Å². The number of nitrogens with zero attached hydrogens (tertiary/aromatic N) is 1. The summed E-state index contributed by atoms with van der Waals surface area (Å²) in [6, 6.07) is 13.2. The Morgan fingerprint density at radius 2 is 1.95 bits per heavy atom. The van der Waals surface area contributed by atoms with Crippen LogP contribution >= 0.6 is 0 Å². The van der Waals surface area contributed by atoms with Crippen molar-refractivity contribution in [1.82, 2.24) is 4.90 Å². The minimum atomic E-state index is -0.00572. The molecule has 1 aliphatic rings. The molecule has 0 aliphatic carbocycles. The lowest BCUT2D eigenvalue weighted by molar-refractivity contribution is 0.0747. The quantitative estimate of drug-likeness (QED) is 0.881. The summed E-state index contributed by atoms with van der Waals surface area (Å²) >= 11 is 0. The SMILES string of the molecule is CCOc1ccccc1C(=O)N1Cc2ccc(N)cc2C1. The molecule has 0 atom stereocenters. The van der Waals surface area contributed by atoms with Gasteiger partial charge in [-0.15, -0.1) is 0 Å². The van der Waals surface area contributed by atoms with E-state index >= 15 is 0 Å². The first-order valence-corrected chi connectivity index (χ1v) is 7.07. The number of hydrogen-bond donors (Lipinski definition) is 1. The number of anilines is 1. The summed E-state index contributed by atoms with van der Waals surface area (Å²) < 4.78 is 5.55. The molecule has 0 saturated carbocycles. The lowest BCUT2D eigenvalue weighted by Gasteiger charge is -2.17. The number of nitrogens with two attached hydrogens (primary N) is 1. The zero-order valence-corrected chi connectivity index (χ0v) is 12.0. The van der Waals surface area contributed by atoms with E-state index in [0.717, 1.165) is 16.8 Å². The highest BCUT2D eigenvalue weighted by atomic mass is 16.5. The van der Waals surface area contributed by atoms with Crippen molar-refractivity contribution in [3.63, 3.8) is 0 Å². The number of nitrogen functional groups attached to an aromatic ring is 1. The summed E-state index contributed by atoms with van der Waals surface area (Å²) in [6.07, 6.45) is 0. The van der Waals surface area contributed by atoms with Crippen LogP contribution in [0.15, 0.2) is 42.5 Å². The Hall–Kier alpha value is -2.49. The molecule has 1 heterocycles. The van der Waals surface area contributed by atoms with Gasteiger partial charge in [-0.1, -0.05) is 18.2 Å². The average molecular weight is 282 g/mol. The van der Waals surface area contributed by atoms with Gasteiger partial charge in [0.15, 0.2) is 0 Å². The molecule has 0 radical (unpaired) electrons. The second kappa shape index (κ2) is 5.48. The van der Waals surface area contributed by atoms with Crippen LogP contribution in [0, 0.1) is 0 Å². The smallest absolute Gasteiger partial charge is 0.258 e. The van der Waals surface area contributed by atoms with E-state index in [1.807, 2.05) is 54.3 Å². The number of ether oxygens (including phenoxy) is 1. The molecule has 1 aliphatic heterocycles. The van der Waals surface area contributed by atoms with E-state index in [0.29, 0.717) is 31.0 Å². The summed E-state index contributed by atoms with van der Waals surface area (Å²) in [6.45, 7) is 3.67. The third kappa shape index (κ3) is 2.57. The molecule has 3 rings (SSSR count). The van der Waals surface area contributed by atoms with Gasteiger partial charge < -0.3 is 15.4 Å². The van der Waals surface area contributed by atoms with Crippen molar-refractivity contribution in [3.05, 3.63) is 59.2 Å². The van der Waals surface area contributed by atoms with Crippen LogP contribution in [0.4, 0.5) is 5.69 Å². The van der Waals surface area contributed by atoms with Crippen LogP contribution in [-0.4, -0.2) is 17.4 Å². The maximum absolute atomic E-state index is 12.7. The number of hydrogen-bond acceptors (Lipinski definition) is 3. The molecular formula is C17H18N2O2. The van der Waals surface area contributed by atoms with Gasteiger partial charge >= 0.3 is 0 Å². The van der Waals surface area contributed by atoms with E-state index in [4.69, 9.17) is 10.5 Å². The fourth-order valence-corrected chi connectivity index (χ4v) is 2.65. The van der Waals surface area contributed by atoms with E-state index in [1.165, 1.54) is 0 Å². The second-order valence-corrected chi connectivity index (χ2v) is 5.12. The number of benzene rings is 2. The largest absolute Gasteiger partial charge is 0.493 e. The van der Waals surface area contributed by atoms with Gasteiger partial charge in [-0.3, -0.25) is 4.79 Å². The molecule has 21 heavy (non-hydrogen) atoms. The number of carbonyl (C=O) groups excluding carboxylic acids is 1. The molecular weight excluding hydrogens is 264 g/mol. The molecule has 4 heteroatoms. The molecule has 4 nitrogen and oxygen atoms in total. The van der Waals surface area contributed by atoms with Crippen molar-refractivity contribution in [2.24, 2.45) is 0 Å². The highest BCUT2D eigenvalue weighted by molar-refractivity contribution is 5.97. The minimum Gasteiger partial charge on any atom is -0.493 e. The molecule has 2 N–H and O–H groups in total. The van der Waals surface area contributed by atoms with Crippen molar-refractivity contribution < 1.29 is 9.53 Å². The van der Waals surface area contributed by atoms with Gasteiger partial charge in [0, 0.05) is 18.8 Å². The number of amides is 1. The van der Waals surface area contributed by atoms with E-state index < -0.39 is 0 Å². The summed E-state index contributed by atoms with van der Waals surface area (Å²) in [4.78, 5) is 14.5. The fraction of sp³-hybridized carbons (Fsp3) is 0.235. The van der Waals surface area contributed by atoms with Crippen LogP contribution in [0.5, 0.6) is 5.75 Å². The van der Waals surface area contributed by atoms with Gasteiger partial charge in [0.2, 0.25) is 0 Å². The molecule has 0 saturated heterocycles. The Labute approximate surface area is 124 Å². The van der Waals surface area contributed by atoms with E-state index in [1.54, 1.807) is 0 Å². The maximum Gasteiger partial charge on any atom is 0.258 e. The first-order valence-electron chi connectivity index (χ1n) is 7.07.